The number of nitrogens with one attached hydrogen (secondary N) is 1. The summed E-state index contributed by atoms with van der Waals surface area (Å²) in [6, 6.07) is 2.16. The first-order chi connectivity index (χ1) is 8.46. The SMILES string of the molecule is Cc1ccc(S(=O)(=O)NC(C)(C)C)c(C(F)F)c1F. The van der Waals surface area contributed by atoms with Crippen LogP contribution in [0.2, 0.25) is 0 Å². The van der Waals surface area contributed by atoms with Gasteiger partial charge in [0.2, 0.25) is 10.0 Å². The number of rotatable bonds is 3. The Morgan fingerprint density at radius 1 is 1.21 bits per heavy atom. The van der Waals surface area contributed by atoms with Crippen molar-refractivity contribution in [2.24, 2.45) is 0 Å². The highest BCUT2D eigenvalue weighted by atomic mass is 32.2. The van der Waals surface area contributed by atoms with E-state index < -0.39 is 38.3 Å². The van der Waals surface area contributed by atoms with E-state index >= 15 is 0 Å². The average molecular weight is 295 g/mol. The lowest BCUT2D eigenvalue weighted by Gasteiger charge is -2.22. The van der Waals surface area contributed by atoms with Crippen LogP contribution >= 0.6 is 0 Å². The van der Waals surface area contributed by atoms with Gasteiger partial charge in [0.25, 0.3) is 6.43 Å². The van der Waals surface area contributed by atoms with Crippen molar-refractivity contribution in [3.63, 3.8) is 0 Å². The van der Waals surface area contributed by atoms with Crippen LogP contribution < -0.4 is 4.72 Å². The predicted octanol–water partition coefficient (Wildman–Crippen LogP) is 3.15. The van der Waals surface area contributed by atoms with Crippen LogP contribution in [0.1, 0.15) is 38.3 Å². The lowest BCUT2D eigenvalue weighted by Crippen LogP contribution is -2.41. The molecule has 0 bridgehead atoms. The Bertz CT molecular complexity index is 577. The fourth-order valence-electron chi connectivity index (χ4n) is 1.58. The van der Waals surface area contributed by atoms with E-state index in [0.717, 1.165) is 6.07 Å². The van der Waals surface area contributed by atoms with Gasteiger partial charge in [0.15, 0.2) is 0 Å². The highest BCUT2D eigenvalue weighted by Crippen LogP contribution is 2.31. The van der Waals surface area contributed by atoms with Crippen molar-refractivity contribution in [1.82, 2.24) is 4.72 Å². The zero-order valence-corrected chi connectivity index (χ0v) is 11.9. The summed E-state index contributed by atoms with van der Waals surface area (Å²) in [6.45, 7) is 6.00. The second-order valence-corrected chi connectivity index (χ2v) is 6.92. The van der Waals surface area contributed by atoms with Gasteiger partial charge in [-0.25, -0.2) is 26.3 Å². The van der Waals surface area contributed by atoms with E-state index in [9.17, 15) is 21.6 Å². The van der Waals surface area contributed by atoms with Gasteiger partial charge >= 0.3 is 0 Å². The molecule has 0 unspecified atom stereocenters. The summed E-state index contributed by atoms with van der Waals surface area (Å²) in [5.41, 5.74) is -1.96. The van der Waals surface area contributed by atoms with Crippen LogP contribution in [0, 0.1) is 12.7 Å². The third-order valence-corrected chi connectivity index (χ3v) is 4.10. The molecule has 0 aliphatic rings. The second kappa shape index (κ2) is 5.13. The van der Waals surface area contributed by atoms with E-state index in [0.29, 0.717) is 0 Å². The predicted molar refractivity (Wildman–Crippen MR) is 66.2 cm³/mol. The van der Waals surface area contributed by atoms with Crippen molar-refractivity contribution in [2.45, 2.75) is 44.6 Å². The molecule has 1 N–H and O–H groups in total. The highest BCUT2D eigenvalue weighted by molar-refractivity contribution is 7.89. The minimum atomic E-state index is -4.20. The molecule has 7 heteroatoms. The van der Waals surface area contributed by atoms with Crippen molar-refractivity contribution in [3.05, 3.63) is 29.1 Å². The number of halogens is 3. The molecule has 0 saturated heterocycles. The van der Waals surface area contributed by atoms with Crippen LogP contribution in [0.4, 0.5) is 13.2 Å². The molecule has 0 spiro atoms. The molecule has 0 radical (unpaired) electrons. The Balaban J connectivity index is 3.48. The smallest absolute Gasteiger partial charge is 0.207 e. The van der Waals surface area contributed by atoms with Gasteiger partial charge in [0, 0.05) is 5.54 Å². The molecule has 1 aromatic rings. The summed E-state index contributed by atoms with van der Waals surface area (Å²) in [5, 5.41) is 0. The fraction of sp³-hybridized carbons (Fsp3) is 0.500. The molecular formula is C12H16F3NO2S. The molecule has 0 saturated carbocycles. The topological polar surface area (TPSA) is 46.2 Å². The quantitative estimate of drug-likeness (QED) is 0.931. The van der Waals surface area contributed by atoms with Crippen LogP contribution in [0.3, 0.4) is 0 Å². The number of alkyl halides is 2. The van der Waals surface area contributed by atoms with Gasteiger partial charge in [-0.15, -0.1) is 0 Å². The van der Waals surface area contributed by atoms with Gasteiger partial charge in [-0.2, -0.15) is 0 Å². The Hall–Kier alpha value is -1.08. The molecule has 0 fully saturated rings. The van der Waals surface area contributed by atoms with E-state index in [1.165, 1.54) is 13.0 Å². The average Bonchev–Trinajstić information content (AvgIpc) is 2.17. The number of hydrogen-bond acceptors (Lipinski definition) is 2. The van der Waals surface area contributed by atoms with Crippen LogP contribution in [-0.4, -0.2) is 14.0 Å². The standard InChI is InChI=1S/C12H16F3NO2S/c1-7-5-6-8(9(10(7)13)11(14)15)19(17,18)16-12(2,3)4/h5-6,11,16H,1-4H3. The van der Waals surface area contributed by atoms with Crippen molar-refractivity contribution in [3.8, 4) is 0 Å². The Morgan fingerprint density at radius 3 is 2.16 bits per heavy atom. The van der Waals surface area contributed by atoms with E-state index in [4.69, 9.17) is 0 Å². The van der Waals surface area contributed by atoms with Crippen molar-refractivity contribution in [2.75, 3.05) is 0 Å². The van der Waals surface area contributed by atoms with Gasteiger partial charge < -0.3 is 0 Å². The lowest BCUT2D eigenvalue weighted by molar-refractivity contribution is 0.142. The third-order valence-electron chi connectivity index (χ3n) is 2.28. The maximum absolute atomic E-state index is 13.7. The zero-order valence-electron chi connectivity index (χ0n) is 11.1. The molecule has 0 aliphatic carbocycles. The lowest BCUT2D eigenvalue weighted by atomic mass is 10.1. The molecule has 0 atom stereocenters. The van der Waals surface area contributed by atoms with Crippen molar-refractivity contribution < 1.29 is 21.6 Å². The first-order valence-corrected chi connectivity index (χ1v) is 7.05. The highest BCUT2D eigenvalue weighted by Gasteiger charge is 2.30. The Labute approximate surface area is 110 Å². The van der Waals surface area contributed by atoms with E-state index in [1.54, 1.807) is 20.8 Å². The number of sulfonamides is 1. The maximum atomic E-state index is 13.7. The van der Waals surface area contributed by atoms with Crippen LogP contribution in [0.25, 0.3) is 0 Å². The molecule has 0 aliphatic heterocycles. The summed E-state index contributed by atoms with van der Waals surface area (Å²) in [6.07, 6.45) is -3.20. The van der Waals surface area contributed by atoms with Crippen molar-refractivity contribution in [1.29, 1.82) is 0 Å². The minimum absolute atomic E-state index is 0.0231. The third kappa shape index (κ3) is 3.70. The van der Waals surface area contributed by atoms with E-state index in [-0.39, 0.29) is 5.56 Å². The molecule has 0 heterocycles. The number of aryl methyl sites for hydroxylation is 1. The van der Waals surface area contributed by atoms with Gasteiger partial charge in [0.1, 0.15) is 5.82 Å². The van der Waals surface area contributed by atoms with Gasteiger partial charge in [0.05, 0.1) is 10.5 Å². The summed E-state index contributed by atoms with van der Waals surface area (Å²) in [7, 11) is -4.20. The minimum Gasteiger partial charge on any atom is -0.207 e. The molecule has 0 aromatic heterocycles. The summed E-state index contributed by atoms with van der Waals surface area (Å²) in [4.78, 5) is -0.722. The Morgan fingerprint density at radius 2 is 1.74 bits per heavy atom. The molecule has 0 amide bonds. The zero-order chi connectivity index (χ0) is 15.0. The summed E-state index contributed by atoms with van der Waals surface area (Å²) in [5.74, 6) is -1.19. The maximum Gasteiger partial charge on any atom is 0.267 e. The van der Waals surface area contributed by atoms with Crippen molar-refractivity contribution >= 4 is 10.0 Å². The molecular weight excluding hydrogens is 279 g/mol. The van der Waals surface area contributed by atoms with Gasteiger partial charge in [-0.3, -0.25) is 0 Å². The molecule has 108 valence electrons. The summed E-state index contributed by atoms with van der Waals surface area (Å²) < 4.78 is 65.8. The van der Waals surface area contributed by atoms with E-state index in [2.05, 4.69) is 4.72 Å². The Kier molecular flexibility index (Phi) is 4.31. The number of benzene rings is 1. The monoisotopic (exact) mass is 295 g/mol. The van der Waals surface area contributed by atoms with Gasteiger partial charge in [-0.05, 0) is 39.3 Å². The van der Waals surface area contributed by atoms with Crippen LogP contribution in [-0.2, 0) is 10.0 Å². The summed E-state index contributed by atoms with van der Waals surface area (Å²) >= 11 is 0. The largest absolute Gasteiger partial charge is 0.267 e. The fourth-order valence-corrected chi connectivity index (χ4v) is 3.21. The first-order valence-electron chi connectivity index (χ1n) is 5.57. The first kappa shape index (κ1) is 16.0. The normalized spacial score (nSPS) is 13.1. The molecule has 1 aromatic carbocycles. The molecule has 3 nitrogen and oxygen atoms in total. The van der Waals surface area contributed by atoms with E-state index in [1.807, 2.05) is 0 Å². The molecule has 19 heavy (non-hydrogen) atoms. The van der Waals surface area contributed by atoms with Gasteiger partial charge in [-0.1, -0.05) is 6.07 Å². The second-order valence-electron chi connectivity index (χ2n) is 5.26. The number of hydrogen-bond donors (Lipinski definition) is 1. The molecule has 1 rings (SSSR count). The van der Waals surface area contributed by atoms with Crippen LogP contribution in [0.5, 0.6) is 0 Å². The van der Waals surface area contributed by atoms with Crippen LogP contribution in [0.15, 0.2) is 17.0 Å².